The number of hydrogen-bond acceptors (Lipinski definition) is 2. The summed E-state index contributed by atoms with van der Waals surface area (Å²) >= 11 is 1.61. The number of rotatable bonds is 5. The van der Waals surface area contributed by atoms with Crippen molar-refractivity contribution in [1.82, 2.24) is 4.31 Å². The highest BCUT2D eigenvalue weighted by Gasteiger charge is 2.29. The summed E-state index contributed by atoms with van der Waals surface area (Å²) < 4.78 is 39.8. The van der Waals surface area contributed by atoms with Gasteiger partial charge in [0.25, 0.3) is 0 Å². The smallest absolute Gasteiger partial charge is 0.242 e. The van der Waals surface area contributed by atoms with Crippen molar-refractivity contribution in [3.05, 3.63) is 65.2 Å². The largest absolute Gasteiger partial charge is 0.416 e. The van der Waals surface area contributed by atoms with E-state index in [9.17, 15) is 13.2 Å². The molecule has 0 unspecified atom stereocenters. The zero-order chi connectivity index (χ0) is 16.2. The fourth-order valence-corrected chi connectivity index (χ4v) is 2.86. The van der Waals surface area contributed by atoms with Crippen molar-refractivity contribution in [3.8, 4) is 0 Å². The van der Waals surface area contributed by atoms with Crippen LogP contribution in [0.5, 0.6) is 0 Å². The summed E-state index contributed by atoms with van der Waals surface area (Å²) in [5.41, 5.74) is 1.47. The van der Waals surface area contributed by atoms with Crippen molar-refractivity contribution < 1.29 is 13.2 Å². The van der Waals surface area contributed by atoms with Gasteiger partial charge in [-0.3, -0.25) is 0 Å². The van der Waals surface area contributed by atoms with Gasteiger partial charge in [-0.25, -0.2) is 4.31 Å². The van der Waals surface area contributed by atoms with Crippen molar-refractivity contribution in [1.29, 1.82) is 0 Å². The highest BCUT2D eigenvalue weighted by Crippen LogP contribution is 2.30. The van der Waals surface area contributed by atoms with Crippen LogP contribution < -0.4 is 0 Å². The van der Waals surface area contributed by atoms with Gasteiger partial charge in [0.05, 0.1) is 5.56 Å². The predicted octanol–water partition coefficient (Wildman–Crippen LogP) is 5.54. The molecule has 22 heavy (non-hydrogen) atoms. The molecule has 0 aliphatic heterocycles. The van der Waals surface area contributed by atoms with Crippen LogP contribution in [0.2, 0.25) is 0 Å². The Balaban J connectivity index is 2.02. The minimum atomic E-state index is -4.28. The molecule has 1 nitrogen and oxygen atoms in total. The van der Waals surface area contributed by atoms with Gasteiger partial charge in [0, 0.05) is 18.0 Å². The molecule has 0 aromatic heterocycles. The predicted molar refractivity (Wildman–Crippen MR) is 84.6 cm³/mol. The van der Waals surface area contributed by atoms with Crippen LogP contribution in [0.4, 0.5) is 13.2 Å². The molecule has 0 saturated carbocycles. The number of nitrogens with zero attached hydrogens (tertiary/aromatic N) is 1. The first-order valence-corrected chi connectivity index (χ1v) is 7.81. The first kappa shape index (κ1) is 16.9. The van der Waals surface area contributed by atoms with Crippen molar-refractivity contribution in [2.45, 2.75) is 31.5 Å². The van der Waals surface area contributed by atoms with E-state index in [4.69, 9.17) is 0 Å². The molecule has 0 atom stereocenters. The zero-order valence-electron chi connectivity index (χ0n) is 12.5. The van der Waals surface area contributed by atoms with Crippen LogP contribution in [0.25, 0.3) is 0 Å². The van der Waals surface area contributed by atoms with E-state index in [-0.39, 0.29) is 0 Å². The molecule has 0 radical (unpaired) electrons. The summed E-state index contributed by atoms with van der Waals surface area (Å²) in [6.45, 7) is 5.48. The number of aryl methyl sites for hydroxylation is 1. The van der Waals surface area contributed by atoms with Gasteiger partial charge < -0.3 is 0 Å². The summed E-state index contributed by atoms with van der Waals surface area (Å²) in [5.74, 6) is 0. The molecule has 0 bridgehead atoms. The third kappa shape index (κ3) is 4.78. The fourth-order valence-electron chi connectivity index (χ4n) is 1.96. The first-order valence-electron chi connectivity index (χ1n) is 7.04. The summed E-state index contributed by atoms with van der Waals surface area (Å²) in [4.78, 5) is 1.12. The molecule has 0 aliphatic carbocycles. The van der Waals surface area contributed by atoms with Crippen molar-refractivity contribution >= 4 is 11.9 Å². The number of benzene rings is 2. The molecule has 0 N–H and O–H groups in total. The molecular formula is C17H18F3NS. The van der Waals surface area contributed by atoms with E-state index in [2.05, 4.69) is 16.4 Å². The minimum absolute atomic E-state index is 0.604. The van der Waals surface area contributed by atoms with Gasteiger partial charge in [-0.1, -0.05) is 36.8 Å². The Kier molecular flexibility index (Phi) is 5.53. The van der Waals surface area contributed by atoms with Crippen molar-refractivity contribution in [3.63, 3.8) is 0 Å². The van der Waals surface area contributed by atoms with Gasteiger partial charge in [0.15, 0.2) is 0 Å². The lowest BCUT2D eigenvalue weighted by atomic mass is 10.1. The maximum absolute atomic E-state index is 12.6. The molecule has 2 rings (SSSR count). The molecule has 0 spiro atoms. The lowest BCUT2D eigenvalue weighted by Crippen LogP contribution is -2.14. The van der Waals surface area contributed by atoms with E-state index in [1.807, 2.05) is 26.0 Å². The van der Waals surface area contributed by atoms with Crippen molar-refractivity contribution in [2.24, 2.45) is 0 Å². The summed E-state index contributed by atoms with van der Waals surface area (Å²) in [6, 6.07) is 13.6. The third-order valence-corrected chi connectivity index (χ3v) is 4.38. The molecule has 5 heteroatoms. The summed E-state index contributed by atoms with van der Waals surface area (Å²) in [7, 11) is 0. The average molecular weight is 325 g/mol. The standard InChI is InChI=1S/C17H18F3NS/c1-3-21(22-16-10-4-13(2)5-11-16)12-14-6-8-15(9-7-14)17(18,19)20/h4-11H,3,12H2,1-2H3. The highest BCUT2D eigenvalue weighted by atomic mass is 32.2. The first-order chi connectivity index (χ1) is 10.4. The molecule has 0 heterocycles. The van der Waals surface area contributed by atoms with Gasteiger partial charge in [-0.2, -0.15) is 13.2 Å². The second kappa shape index (κ2) is 7.20. The molecule has 2 aromatic carbocycles. The zero-order valence-corrected chi connectivity index (χ0v) is 13.3. The topological polar surface area (TPSA) is 3.24 Å². The Morgan fingerprint density at radius 3 is 2.05 bits per heavy atom. The van der Waals surface area contributed by atoms with E-state index in [0.29, 0.717) is 6.54 Å². The van der Waals surface area contributed by atoms with Crippen LogP contribution in [-0.2, 0) is 12.7 Å². The Morgan fingerprint density at radius 1 is 0.955 bits per heavy atom. The molecule has 0 amide bonds. The Hall–Kier alpha value is -1.46. The van der Waals surface area contributed by atoms with E-state index in [0.717, 1.165) is 29.1 Å². The fraction of sp³-hybridized carbons (Fsp3) is 0.294. The second-order valence-electron chi connectivity index (χ2n) is 5.06. The Bertz CT molecular complexity index is 591. The molecular weight excluding hydrogens is 307 g/mol. The van der Waals surface area contributed by atoms with Gasteiger partial charge in [-0.15, -0.1) is 0 Å². The van der Waals surface area contributed by atoms with E-state index in [1.54, 1.807) is 24.1 Å². The van der Waals surface area contributed by atoms with E-state index < -0.39 is 11.7 Å². The molecule has 2 aromatic rings. The molecule has 118 valence electrons. The van der Waals surface area contributed by atoms with E-state index >= 15 is 0 Å². The van der Waals surface area contributed by atoms with Crippen LogP contribution in [0.1, 0.15) is 23.6 Å². The number of hydrogen-bond donors (Lipinski definition) is 0. The molecule has 0 aliphatic rings. The molecule has 0 saturated heterocycles. The van der Waals surface area contributed by atoms with Crippen LogP contribution in [-0.4, -0.2) is 10.8 Å². The Morgan fingerprint density at radius 2 is 1.55 bits per heavy atom. The second-order valence-corrected chi connectivity index (χ2v) is 6.23. The van der Waals surface area contributed by atoms with Crippen molar-refractivity contribution in [2.75, 3.05) is 6.54 Å². The quantitative estimate of drug-likeness (QED) is 0.664. The summed E-state index contributed by atoms with van der Waals surface area (Å²) in [5, 5.41) is 0. The minimum Gasteiger partial charge on any atom is -0.242 e. The SMILES string of the molecule is CCN(Cc1ccc(C(F)(F)F)cc1)Sc1ccc(C)cc1. The van der Waals surface area contributed by atoms with Gasteiger partial charge in [0.1, 0.15) is 0 Å². The average Bonchev–Trinajstić information content (AvgIpc) is 2.48. The van der Waals surface area contributed by atoms with Crippen LogP contribution >= 0.6 is 11.9 Å². The lowest BCUT2D eigenvalue weighted by molar-refractivity contribution is -0.137. The number of alkyl halides is 3. The van der Waals surface area contributed by atoms with Gasteiger partial charge in [-0.05, 0) is 48.7 Å². The third-order valence-electron chi connectivity index (χ3n) is 3.25. The number of halogens is 3. The maximum Gasteiger partial charge on any atom is 0.416 e. The normalized spacial score (nSPS) is 11.9. The van der Waals surface area contributed by atoms with Crippen LogP contribution in [0, 0.1) is 6.92 Å². The Labute approximate surface area is 133 Å². The van der Waals surface area contributed by atoms with Crippen LogP contribution in [0.15, 0.2) is 53.4 Å². The highest BCUT2D eigenvalue weighted by molar-refractivity contribution is 7.97. The van der Waals surface area contributed by atoms with Gasteiger partial charge in [0.2, 0.25) is 0 Å². The maximum atomic E-state index is 12.6. The van der Waals surface area contributed by atoms with E-state index in [1.165, 1.54) is 5.56 Å². The lowest BCUT2D eigenvalue weighted by Gasteiger charge is -2.19. The molecule has 0 fully saturated rings. The van der Waals surface area contributed by atoms with Gasteiger partial charge >= 0.3 is 6.18 Å². The monoisotopic (exact) mass is 325 g/mol. The van der Waals surface area contributed by atoms with Crippen LogP contribution in [0.3, 0.4) is 0 Å². The summed E-state index contributed by atoms with van der Waals surface area (Å²) in [6.07, 6.45) is -4.28.